The predicted octanol–water partition coefficient (Wildman–Crippen LogP) is 0.284. The standard InChI is InChI=1S/C8H9N3O2/c1-2-3-7(12)9-6-4-5-8(13)11-10-6/h2-5H,1H3,(H,11,13)(H,9,10,12)/b3-2+. The van der Waals surface area contributed by atoms with Gasteiger partial charge in [0.05, 0.1) is 0 Å². The first-order valence-corrected chi connectivity index (χ1v) is 3.72. The Morgan fingerprint density at radius 1 is 1.62 bits per heavy atom. The maximum absolute atomic E-state index is 11.0. The summed E-state index contributed by atoms with van der Waals surface area (Å²) in [5.41, 5.74) is -0.302. The second-order valence-electron chi connectivity index (χ2n) is 2.30. The van der Waals surface area contributed by atoms with Crippen LogP contribution in [0.2, 0.25) is 0 Å². The second kappa shape index (κ2) is 4.20. The van der Waals surface area contributed by atoms with E-state index in [0.29, 0.717) is 5.82 Å². The first-order valence-electron chi connectivity index (χ1n) is 3.72. The maximum atomic E-state index is 11.0. The Kier molecular flexibility index (Phi) is 2.97. The highest BCUT2D eigenvalue weighted by molar-refractivity contribution is 5.98. The molecule has 5 nitrogen and oxygen atoms in total. The summed E-state index contributed by atoms with van der Waals surface area (Å²) >= 11 is 0. The van der Waals surface area contributed by atoms with Crippen molar-refractivity contribution in [2.45, 2.75) is 6.92 Å². The zero-order valence-electron chi connectivity index (χ0n) is 7.07. The SMILES string of the molecule is C/C=C/C(=O)Nc1ccc(=O)[nH]n1. The van der Waals surface area contributed by atoms with Crippen molar-refractivity contribution in [1.82, 2.24) is 10.2 Å². The highest BCUT2D eigenvalue weighted by atomic mass is 16.1. The zero-order valence-corrected chi connectivity index (χ0v) is 7.07. The number of H-pyrrole nitrogens is 1. The highest BCUT2D eigenvalue weighted by Gasteiger charge is 1.97. The number of nitrogens with zero attached hydrogens (tertiary/aromatic N) is 1. The van der Waals surface area contributed by atoms with E-state index in [1.54, 1.807) is 13.0 Å². The van der Waals surface area contributed by atoms with Crippen LogP contribution in [0.4, 0.5) is 5.82 Å². The molecule has 1 aromatic heterocycles. The molecule has 13 heavy (non-hydrogen) atoms. The fraction of sp³-hybridized carbons (Fsp3) is 0.125. The molecule has 0 aliphatic heterocycles. The van der Waals surface area contributed by atoms with E-state index in [0.717, 1.165) is 0 Å². The van der Waals surface area contributed by atoms with Crippen LogP contribution in [0, 0.1) is 0 Å². The molecule has 0 saturated heterocycles. The molecule has 5 heteroatoms. The van der Waals surface area contributed by atoms with E-state index in [2.05, 4.69) is 15.5 Å². The molecule has 1 heterocycles. The molecule has 0 aliphatic rings. The van der Waals surface area contributed by atoms with Gasteiger partial charge in [0, 0.05) is 6.07 Å². The van der Waals surface area contributed by atoms with Gasteiger partial charge < -0.3 is 5.32 Å². The van der Waals surface area contributed by atoms with Gasteiger partial charge in [0.15, 0.2) is 5.82 Å². The largest absolute Gasteiger partial charge is 0.306 e. The Hall–Kier alpha value is -1.91. The molecular weight excluding hydrogens is 170 g/mol. The van der Waals surface area contributed by atoms with Gasteiger partial charge in [-0.15, -0.1) is 0 Å². The minimum Gasteiger partial charge on any atom is -0.306 e. The lowest BCUT2D eigenvalue weighted by atomic mass is 10.4. The average Bonchev–Trinajstić information content (AvgIpc) is 2.09. The van der Waals surface area contributed by atoms with Gasteiger partial charge in [-0.3, -0.25) is 9.59 Å². The molecule has 0 aromatic carbocycles. The number of hydrogen-bond donors (Lipinski definition) is 2. The van der Waals surface area contributed by atoms with Gasteiger partial charge in [0.2, 0.25) is 5.91 Å². The van der Waals surface area contributed by atoms with E-state index in [1.165, 1.54) is 18.2 Å². The lowest BCUT2D eigenvalue weighted by Crippen LogP contribution is -2.13. The van der Waals surface area contributed by atoms with Gasteiger partial charge in [0.1, 0.15) is 0 Å². The summed E-state index contributed by atoms with van der Waals surface area (Å²) in [6, 6.07) is 2.72. The Morgan fingerprint density at radius 3 is 2.92 bits per heavy atom. The van der Waals surface area contributed by atoms with Crippen molar-refractivity contribution >= 4 is 11.7 Å². The van der Waals surface area contributed by atoms with E-state index in [4.69, 9.17) is 0 Å². The number of allylic oxidation sites excluding steroid dienone is 1. The number of carbonyl (C=O) groups is 1. The molecule has 68 valence electrons. The maximum Gasteiger partial charge on any atom is 0.264 e. The van der Waals surface area contributed by atoms with Crippen LogP contribution in [0.3, 0.4) is 0 Å². The highest BCUT2D eigenvalue weighted by Crippen LogP contribution is 1.95. The van der Waals surface area contributed by atoms with Crippen LogP contribution in [0.15, 0.2) is 29.1 Å². The number of anilines is 1. The summed E-state index contributed by atoms with van der Waals surface area (Å²) < 4.78 is 0. The first-order chi connectivity index (χ1) is 6.22. The topological polar surface area (TPSA) is 74.8 Å². The summed E-state index contributed by atoms with van der Waals surface area (Å²) in [5, 5.41) is 8.26. The van der Waals surface area contributed by atoms with Gasteiger partial charge in [-0.1, -0.05) is 6.08 Å². The molecular formula is C8H9N3O2. The van der Waals surface area contributed by atoms with Crippen molar-refractivity contribution in [3.63, 3.8) is 0 Å². The van der Waals surface area contributed by atoms with E-state index in [-0.39, 0.29) is 11.5 Å². The van der Waals surface area contributed by atoms with Crippen molar-refractivity contribution < 1.29 is 4.79 Å². The molecule has 0 radical (unpaired) electrons. The fourth-order valence-corrected chi connectivity index (χ4v) is 0.733. The zero-order chi connectivity index (χ0) is 9.68. The number of amides is 1. The van der Waals surface area contributed by atoms with E-state index < -0.39 is 0 Å². The van der Waals surface area contributed by atoms with Crippen LogP contribution in [-0.2, 0) is 4.79 Å². The van der Waals surface area contributed by atoms with Crippen molar-refractivity contribution in [3.05, 3.63) is 34.6 Å². The average molecular weight is 179 g/mol. The monoisotopic (exact) mass is 179 g/mol. The van der Waals surface area contributed by atoms with E-state index in [9.17, 15) is 9.59 Å². The third-order valence-electron chi connectivity index (χ3n) is 1.25. The molecule has 0 bridgehead atoms. The summed E-state index contributed by atoms with van der Waals surface area (Å²) in [6.07, 6.45) is 2.98. The minimum absolute atomic E-state index is 0.276. The fourth-order valence-electron chi connectivity index (χ4n) is 0.733. The van der Waals surface area contributed by atoms with Crippen molar-refractivity contribution in [2.75, 3.05) is 5.32 Å². The number of hydrogen-bond acceptors (Lipinski definition) is 3. The predicted molar refractivity (Wildman–Crippen MR) is 48.3 cm³/mol. The van der Waals surface area contributed by atoms with Gasteiger partial charge in [-0.25, -0.2) is 5.10 Å². The number of aromatic amines is 1. The third-order valence-corrected chi connectivity index (χ3v) is 1.25. The molecule has 0 atom stereocenters. The van der Waals surface area contributed by atoms with Crippen molar-refractivity contribution in [2.24, 2.45) is 0 Å². The lowest BCUT2D eigenvalue weighted by Gasteiger charge is -1.97. The summed E-state index contributed by atoms with van der Waals surface area (Å²) in [4.78, 5) is 21.6. The van der Waals surface area contributed by atoms with Gasteiger partial charge >= 0.3 is 0 Å². The number of aromatic nitrogens is 2. The Balaban J connectivity index is 2.70. The van der Waals surface area contributed by atoms with Gasteiger partial charge in [-0.2, -0.15) is 5.10 Å². The van der Waals surface area contributed by atoms with Gasteiger partial charge in [-0.05, 0) is 19.1 Å². The molecule has 0 aliphatic carbocycles. The summed E-state index contributed by atoms with van der Waals surface area (Å²) in [6.45, 7) is 1.74. The number of rotatable bonds is 2. The molecule has 1 amide bonds. The molecule has 0 spiro atoms. The van der Waals surface area contributed by atoms with E-state index in [1.807, 2.05) is 0 Å². The molecule has 1 rings (SSSR count). The molecule has 2 N–H and O–H groups in total. The van der Waals surface area contributed by atoms with Gasteiger partial charge in [0.25, 0.3) is 5.56 Å². The quantitative estimate of drug-likeness (QED) is 0.640. The summed E-state index contributed by atoms with van der Waals surface area (Å²) in [7, 11) is 0. The van der Waals surface area contributed by atoms with Crippen LogP contribution in [0.25, 0.3) is 0 Å². The van der Waals surface area contributed by atoms with Crippen LogP contribution in [-0.4, -0.2) is 16.1 Å². The molecule has 0 fully saturated rings. The Labute approximate surface area is 74.5 Å². The lowest BCUT2D eigenvalue weighted by molar-refractivity contribution is -0.111. The molecule has 1 aromatic rings. The molecule has 0 unspecified atom stereocenters. The van der Waals surface area contributed by atoms with E-state index >= 15 is 0 Å². The summed E-state index contributed by atoms with van der Waals surface area (Å²) in [5.74, 6) is 0.0461. The molecule has 0 saturated carbocycles. The van der Waals surface area contributed by atoms with Crippen molar-refractivity contribution in [3.8, 4) is 0 Å². The number of carbonyl (C=O) groups excluding carboxylic acids is 1. The number of nitrogens with one attached hydrogen (secondary N) is 2. The Morgan fingerprint density at radius 2 is 2.38 bits per heavy atom. The van der Waals surface area contributed by atoms with Crippen LogP contribution < -0.4 is 10.9 Å². The van der Waals surface area contributed by atoms with Crippen molar-refractivity contribution in [1.29, 1.82) is 0 Å². The smallest absolute Gasteiger partial charge is 0.264 e. The Bertz CT molecular complexity index is 361. The van der Waals surface area contributed by atoms with Crippen LogP contribution >= 0.6 is 0 Å². The van der Waals surface area contributed by atoms with Crippen LogP contribution in [0.5, 0.6) is 0 Å². The normalized spacial score (nSPS) is 10.2. The minimum atomic E-state index is -0.302. The second-order valence-corrected chi connectivity index (χ2v) is 2.30. The van der Waals surface area contributed by atoms with Crippen LogP contribution in [0.1, 0.15) is 6.92 Å². The first kappa shape index (κ1) is 9.18. The third kappa shape index (κ3) is 2.90.